The number of benzene rings is 1. The van der Waals surface area contributed by atoms with Gasteiger partial charge in [-0.2, -0.15) is 0 Å². The molecule has 0 saturated heterocycles. The maximum Gasteiger partial charge on any atom is 0.126 e. The van der Waals surface area contributed by atoms with E-state index in [0.717, 1.165) is 6.42 Å². The quantitative estimate of drug-likeness (QED) is 0.756. The van der Waals surface area contributed by atoms with Crippen LogP contribution >= 0.6 is 0 Å². The van der Waals surface area contributed by atoms with Crippen molar-refractivity contribution in [3.05, 3.63) is 35.1 Å². The number of aliphatic hydroxyl groups is 1. The molecule has 1 rings (SSSR count). The van der Waals surface area contributed by atoms with Gasteiger partial charge < -0.3 is 9.84 Å². The zero-order valence-corrected chi connectivity index (χ0v) is 9.87. The minimum absolute atomic E-state index is 0.263. The van der Waals surface area contributed by atoms with Crippen molar-refractivity contribution < 1.29 is 14.2 Å². The van der Waals surface area contributed by atoms with Crippen LogP contribution in [0.2, 0.25) is 0 Å². The minimum Gasteiger partial charge on any atom is -0.388 e. The Labute approximate surface area is 96.1 Å². The summed E-state index contributed by atoms with van der Waals surface area (Å²) < 4.78 is 18.4. The molecule has 1 unspecified atom stereocenters. The van der Waals surface area contributed by atoms with E-state index in [-0.39, 0.29) is 5.82 Å². The molecule has 0 spiro atoms. The SMILES string of the molecule is CCOCCCC(O)c1ccc(C)c(F)c1. The van der Waals surface area contributed by atoms with E-state index in [4.69, 9.17) is 4.74 Å². The Morgan fingerprint density at radius 2 is 2.19 bits per heavy atom. The van der Waals surface area contributed by atoms with Crippen molar-refractivity contribution in [1.82, 2.24) is 0 Å². The van der Waals surface area contributed by atoms with Crippen molar-refractivity contribution in [2.45, 2.75) is 32.8 Å². The van der Waals surface area contributed by atoms with Crippen LogP contribution in [-0.4, -0.2) is 18.3 Å². The van der Waals surface area contributed by atoms with Gasteiger partial charge in [0.05, 0.1) is 6.10 Å². The summed E-state index contributed by atoms with van der Waals surface area (Å²) in [6.07, 6.45) is 0.781. The van der Waals surface area contributed by atoms with E-state index >= 15 is 0 Å². The van der Waals surface area contributed by atoms with E-state index in [9.17, 15) is 9.50 Å². The molecule has 0 amide bonds. The first kappa shape index (κ1) is 13.1. The Balaban J connectivity index is 2.46. The monoisotopic (exact) mass is 226 g/mol. The lowest BCUT2D eigenvalue weighted by molar-refractivity contribution is 0.114. The molecular weight excluding hydrogens is 207 g/mol. The molecule has 0 bridgehead atoms. The summed E-state index contributed by atoms with van der Waals surface area (Å²) in [5.41, 5.74) is 1.24. The molecule has 0 aliphatic carbocycles. The molecule has 3 heteroatoms. The molecule has 0 aliphatic rings. The fourth-order valence-electron chi connectivity index (χ4n) is 1.51. The van der Waals surface area contributed by atoms with Gasteiger partial charge >= 0.3 is 0 Å². The van der Waals surface area contributed by atoms with Gasteiger partial charge in [0, 0.05) is 13.2 Å². The first-order valence-corrected chi connectivity index (χ1v) is 5.67. The van der Waals surface area contributed by atoms with Gasteiger partial charge in [-0.15, -0.1) is 0 Å². The zero-order chi connectivity index (χ0) is 12.0. The average molecular weight is 226 g/mol. The molecule has 1 aromatic rings. The second kappa shape index (κ2) is 6.61. The number of hydrogen-bond donors (Lipinski definition) is 1. The van der Waals surface area contributed by atoms with Crippen molar-refractivity contribution in [1.29, 1.82) is 0 Å². The topological polar surface area (TPSA) is 29.5 Å². The van der Waals surface area contributed by atoms with Gasteiger partial charge in [0.2, 0.25) is 0 Å². The smallest absolute Gasteiger partial charge is 0.126 e. The average Bonchev–Trinajstić information content (AvgIpc) is 2.28. The Kier molecular flexibility index (Phi) is 5.43. The number of aryl methyl sites for hydroxylation is 1. The molecule has 2 nitrogen and oxygen atoms in total. The summed E-state index contributed by atoms with van der Waals surface area (Å²) in [5.74, 6) is -0.263. The summed E-state index contributed by atoms with van der Waals surface area (Å²) in [6, 6.07) is 4.86. The second-order valence-corrected chi connectivity index (χ2v) is 3.86. The maximum absolute atomic E-state index is 13.2. The lowest BCUT2D eigenvalue weighted by Crippen LogP contribution is -2.02. The van der Waals surface area contributed by atoms with Crippen molar-refractivity contribution >= 4 is 0 Å². The molecule has 16 heavy (non-hydrogen) atoms. The van der Waals surface area contributed by atoms with Gasteiger partial charge in [0.25, 0.3) is 0 Å². The van der Waals surface area contributed by atoms with Crippen LogP contribution in [0.25, 0.3) is 0 Å². The molecular formula is C13H19FO2. The number of ether oxygens (including phenoxy) is 1. The van der Waals surface area contributed by atoms with Crippen molar-refractivity contribution in [2.24, 2.45) is 0 Å². The van der Waals surface area contributed by atoms with E-state index in [1.165, 1.54) is 6.07 Å². The highest BCUT2D eigenvalue weighted by Gasteiger charge is 2.09. The third kappa shape index (κ3) is 3.91. The summed E-state index contributed by atoms with van der Waals surface area (Å²) in [7, 11) is 0. The van der Waals surface area contributed by atoms with Crippen molar-refractivity contribution in [2.75, 3.05) is 13.2 Å². The molecule has 90 valence electrons. The van der Waals surface area contributed by atoms with Gasteiger partial charge in [-0.3, -0.25) is 0 Å². The predicted octanol–water partition coefficient (Wildman–Crippen LogP) is 2.98. The zero-order valence-electron chi connectivity index (χ0n) is 9.87. The molecule has 0 fully saturated rings. The van der Waals surface area contributed by atoms with Gasteiger partial charge in [-0.25, -0.2) is 4.39 Å². The lowest BCUT2D eigenvalue weighted by Gasteiger charge is -2.11. The van der Waals surface area contributed by atoms with Gasteiger partial charge in [-0.1, -0.05) is 12.1 Å². The molecule has 0 radical (unpaired) electrons. The van der Waals surface area contributed by atoms with Crippen LogP contribution in [-0.2, 0) is 4.74 Å². The molecule has 1 atom stereocenters. The van der Waals surface area contributed by atoms with Crippen LogP contribution in [0.5, 0.6) is 0 Å². The van der Waals surface area contributed by atoms with E-state index < -0.39 is 6.10 Å². The standard InChI is InChI=1S/C13H19FO2/c1-3-16-8-4-5-13(15)11-7-6-10(2)12(14)9-11/h6-7,9,13,15H,3-5,8H2,1-2H3. The molecule has 0 aliphatic heterocycles. The number of aliphatic hydroxyl groups excluding tert-OH is 1. The van der Waals surface area contributed by atoms with E-state index in [2.05, 4.69) is 0 Å². The fraction of sp³-hybridized carbons (Fsp3) is 0.538. The summed E-state index contributed by atoms with van der Waals surface area (Å²) >= 11 is 0. The highest BCUT2D eigenvalue weighted by atomic mass is 19.1. The molecule has 0 heterocycles. The number of halogens is 1. The third-order valence-electron chi connectivity index (χ3n) is 2.55. The first-order valence-electron chi connectivity index (χ1n) is 5.67. The Morgan fingerprint density at radius 1 is 1.44 bits per heavy atom. The Morgan fingerprint density at radius 3 is 2.81 bits per heavy atom. The van der Waals surface area contributed by atoms with Crippen LogP contribution in [0.4, 0.5) is 4.39 Å². The van der Waals surface area contributed by atoms with E-state index in [0.29, 0.717) is 30.8 Å². The van der Waals surface area contributed by atoms with Crippen LogP contribution < -0.4 is 0 Å². The summed E-state index contributed by atoms with van der Waals surface area (Å²) in [6.45, 7) is 4.98. The van der Waals surface area contributed by atoms with Crippen LogP contribution in [0.15, 0.2) is 18.2 Å². The van der Waals surface area contributed by atoms with Crippen molar-refractivity contribution in [3.63, 3.8) is 0 Å². The van der Waals surface area contributed by atoms with Crippen LogP contribution in [0.3, 0.4) is 0 Å². The van der Waals surface area contributed by atoms with Gasteiger partial charge in [0.1, 0.15) is 5.82 Å². The first-order chi connectivity index (χ1) is 7.65. The van der Waals surface area contributed by atoms with E-state index in [1.54, 1.807) is 19.1 Å². The fourth-order valence-corrected chi connectivity index (χ4v) is 1.51. The minimum atomic E-state index is -0.601. The number of hydrogen-bond acceptors (Lipinski definition) is 2. The second-order valence-electron chi connectivity index (χ2n) is 3.86. The largest absolute Gasteiger partial charge is 0.388 e. The normalized spacial score (nSPS) is 12.8. The maximum atomic E-state index is 13.2. The van der Waals surface area contributed by atoms with Gasteiger partial charge in [0.15, 0.2) is 0 Å². The van der Waals surface area contributed by atoms with E-state index in [1.807, 2.05) is 6.92 Å². The molecule has 1 aromatic carbocycles. The van der Waals surface area contributed by atoms with Crippen LogP contribution in [0, 0.1) is 12.7 Å². The molecule has 1 N–H and O–H groups in total. The molecule has 0 saturated carbocycles. The number of rotatable bonds is 6. The Bertz CT molecular complexity index is 326. The summed E-state index contributed by atoms with van der Waals surface area (Å²) in [5, 5.41) is 9.81. The predicted molar refractivity (Wildman–Crippen MR) is 61.8 cm³/mol. The highest BCUT2D eigenvalue weighted by molar-refractivity contribution is 5.24. The van der Waals surface area contributed by atoms with Crippen molar-refractivity contribution in [3.8, 4) is 0 Å². The highest BCUT2D eigenvalue weighted by Crippen LogP contribution is 2.20. The lowest BCUT2D eigenvalue weighted by atomic mass is 10.0. The Hall–Kier alpha value is -0.930. The summed E-state index contributed by atoms with van der Waals surface area (Å²) in [4.78, 5) is 0. The third-order valence-corrected chi connectivity index (χ3v) is 2.55. The van der Waals surface area contributed by atoms with Gasteiger partial charge in [-0.05, 0) is 43.9 Å². The molecule has 0 aromatic heterocycles. The van der Waals surface area contributed by atoms with Crippen LogP contribution in [0.1, 0.15) is 37.0 Å².